The van der Waals surface area contributed by atoms with Crippen LogP contribution in [0.25, 0.3) is 10.9 Å². The summed E-state index contributed by atoms with van der Waals surface area (Å²) < 4.78 is 4.83. The number of ether oxygens (including phenoxy) is 1. The maximum absolute atomic E-state index is 14.0. The first-order chi connectivity index (χ1) is 23.9. The Kier molecular flexibility index (Phi) is 11.2. The van der Waals surface area contributed by atoms with E-state index in [2.05, 4.69) is 25.9 Å². The van der Waals surface area contributed by atoms with Crippen molar-refractivity contribution in [2.75, 3.05) is 17.7 Å². The van der Waals surface area contributed by atoms with Crippen LogP contribution in [0, 0.1) is 10.8 Å². The molecule has 2 heterocycles. The molecular formula is C39H41N5O5S. The molecule has 258 valence electrons. The number of amides is 3. The number of methoxy groups -OCH3 is 1. The maximum Gasteiger partial charge on any atom is 0.306 e. The van der Waals surface area contributed by atoms with Gasteiger partial charge in [-0.05, 0) is 58.7 Å². The molecule has 3 amide bonds. The van der Waals surface area contributed by atoms with Gasteiger partial charge in [-0.25, -0.2) is 0 Å². The van der Waals surface area contributed by atoms with Gasteiger partial charge in [0.05, 0.1) is 36.8 Å². The number of carbonyl (C=O) groups excluding carboxylic acids is 4. The number of benzene rings is 2. The number of fused-ring (bicyclic) bond motifs is 2. The van der Waals surface area contributed by atoms with E-state index in [0.29, 0.717) is 28.9 Å². The first kappa shape index (κ1) is 36.0. The van der Waals surface area contributed by atoms with Crippen LogP contribution in [0.4, 0.5) is 11.4 Å². The van der Waals surface area contributed by atoms with Crippen molar-refractivity contribution in [2.45, 2.75) is 58.0 Å². The number of allylic oxidation sites excluding steroid dienone is 3. The number of rotatable bonds is 13. The number of aromatic nitrogens is 1. The second-order valence-electron chi connectivity index (χ2n) is 13.7. The highest BCUT2D eigenvalue weighted by molar-refractivity contribution is 7.79. The zero-order valence-electron chi connectivity index (χ0n) is 28.5. The molecule has 0 bridgehead atoms. The fraction of sp³-hybridized carbons (Fsp3) is 0.308. The molecule has 0 fully saturated rings. The summed E-state index contributed by atoms with van der Waals surface area (Å²) in [6, 6.07) is 15.1. The van der Waals surface area contributed by atoms with Crippen LogP contribution in [0.15, 0.2) is 102 Å². The van der Waals surface area contributed by atoms with E-state index in [4.69, 9.17) is 17.0 Å². The molecule has 2 aliphatic rings. The van der Waals surface area contributed by atoms with Gasteiger partial charge in [0.15, 0.2) is 0 Å². The molecule has 1 aliphatic carbocycles. The van der Waals surface area contributed by atoms with Gasteiger partial charge in [-0.1, -0.05) is 87.6 Å². The molecule has 3 aromatic rings. The number of aliphatic imine (C=N–C) groups is 1. The Labute approximate surface area is 297 Å². The number of pyridine rings is 1. The van der Waals surface area contributed by atoms with Crippen LogP contribution < -0.4 is 16.0 Å². The largest absolute Gasteiger partial charge is 0.469 e. The average Bonchev–Trinajstić information content (AvgIpc) is 3.09. The number of anilines is 2. The lowest BCUT2D eigenvalue weighted by molar-refractivity contribution is -0.142. The number of nitrogens with one attached hydrogen (secondary N) is 3. The van der Waals surface area contributed by atoms with Gasteiger partial charge in [0, 0.05) is 35.3 Å². The quantitative estimate of drug-likeness (QED) is 0.109. The molecule has 4 atom stereocenters. The minimum atomic E-state index is -1.23. The summed E-state index contributed by atoms with van der Waals surface area (Å²) in [7, 11) is 1.34. The number of dihydropyridines is 1. The predicted octanol–water partition coefficient (Wildman–Crippen LogP) is 6.26. The molecule has 3 N–H and O–H groups in total. The van der Waals surface area contributed by atoms with E-state index in [-0.39, 0.29) is 30.8 Å². The topological polar surface area (TPSA) is 139 Å². The lowest BCUT2D eigenvalue weighted by Gasteiger charge is -2.34. The van der Waals surface area contributed by atoms with Crippen LogP contribution in [0.2, 0.25) is 0 Å². The van der Waals surface area contributed by atoms with Crippen molar-refractivity contribution in [3.05, 3.63) is 102 Å². The SMILES string of the molecule is COC(=O)CC(C)(C=S)CC(C)(C)CC(=O)Nc1ccc(C(C(=O)Nc2cccc3cccnc23)C(=O)NC2C=CC=C3C=CC=NC32)cc1. The van der Waals surface area contributed by atoms with Crippen LogP contribution in [-0.2, 0) is 23.9 Å². The van der Waals surface area contributed by atoms with Gasteiger partial charge >= 0.3 is 5.97 Å². The van der Waals surface area contributed by atoms with Gasteiger partial charge in [0.2, 0.25) is 17.7 Å². The van der Waals surface area contributed by atoms with E-state index in [1.807, 2.05) is 75.4 Å². The Morgan fingerprint density at radius 2 is 1.72 bits per heavy atom. The summed E-state index contributed by atoms with van der Waals surface area (Å²) >= 11 is 5.23. The summed E-state index contributed by atoms with van der Waals surface area (Å²) in [5.41, 5.74) is 1.90. The summed E-state index contributed by atoms with van der Waals surface area (Å²) in [6.07, 6.45) is 13.6. The van der Waals surface area contributed by atoms with Gasteiger partial charge in [0.1, 0.15) is 5.92 Å². The molecule has 1 aliphatic heterocycles. The van der Waals surface area contributed by atoms with Crippen molar-refractivity contribution in [3.63, 3.8) is 0 Å². The summed E-state index contributed by atoms with van der Waals surface area (Å²) in [4.78, 5) is 62.1. The van der Waals surface area contributed by atoms with Crippen molar-refractivity contribution >= 4 is 69.8 Å². The zero-order valence-corrected chi connectivity index (χ0v) is 29.3. The van der Waals surface area contributed by atoms with E-state index in [1.165, 1.54) is 7.11 Å². The lowest BCUT2D eigenvalue weighted by atomic mass is 9.71. The third kappa shape index (κ3) is 8.83. The molecule has 5 rings (SSSR count). The first-order valence-corrected chi connectivity index (χ1v) is 16.8. The summed E-state index contributed by atoms with van der Waals surface area (Å²) in [5, 5.41) is 11.3. The van der Waals surface area contributed by atoms with Crippen LogP contribution >= 0.6 is 12.2 Å². The normalized spacial score (nSPS) is 18.2. The van der Waals surface area contributed by atoms with Crippen LogP contribution in [0.5, 0.6) is 0 Å². The van der Waals surface area contributed by atoms with Crippen molar-refractivity contribution < 1.29 is 23.9 Å². The zero-order chi connectivity index (χ0) is 35.9. The molecular weight excluding hydrogens is 651 g/mol. The molecule has 0 saturated heterocycles. The Hall–Kier alpha value is -5.29. The molecule has 0 radical (unpaired) electrons. The molecule has 50 heavy (non-hydrogen) atoms. The van der Waals surface area contributed by atoms with Gasteiger partial charge in [-0.3, -0.25) is 29.2 Å². The van der Waals surface area contributed by atoms with Crippen molar-refractivity contribution in [3.8, 4) is 0 Å². The minimum absolute atomic E-state index is 0.124. The molecule has 10 nitrogen and oxygen atoms in total. The fourth-order valence-electron chi connectivity index (χ4n) is 6.64. The van der Waals surface area contributed by atoms with Crippen molar-refractivity contribution in [1.82, 2.24) is 10.3 Å². The molecule has 4 unspecified atom stereocenters. The highest BCUT2D eigenvalue weighted by Crippen LogP contribution is 2.38. The average molecular weight is 692 g/mol. The first-order valence-electron chi connectivity index (χ1n) is 16.4. The Bertz CT molecular complexity index is 1910. The minimum Gasteiger partial charge on any atom is -0.469 e. The number of thiocarbonyl (C=S) groups is 1. The molecule has 11 heteroatoms. The van der Waals surface area contributed by atoms with Gasteiger partial charge in [0.25, 0.3) is 0 Å². The summed E-state index contributed by atoms with van der Waals surface area (Å²) in [6.45, 7) is 5.79. The van der Waals surface area contributed by atoms with Gasteiger partial charge in [-0.15, -0.1) is 0 Å². The fourth-order valence-corrected chi connectivity index (χ4v) is 6.80. The predicted molar refractivity (Wildman–Crippen MR) is 200 cm³/mol. The van der Waals surface area contributed by atoms with Gasteiger partial charge in [-0.2, -0.15) is 0 Å². The van der Waals surface area contributed by atoms with Crippen molar-refractivity contribution in [1.29, 1.82) is 0 Å². The standard InChI is InChI=1S/C39H41N5O5S/c1-38(2,23-39(3,24-50)22-32(46)49-4)21-31(45)42-28-17-15-25(16-18-28)33(36(47)43-29-13-5-9-26-11-7-19-40-34(26)29)37(48)44-30-14-6-10-27-12-8-20-41-35(27)30/h5-20,24,29,33-34H,21-23H2,1-4H3,(H,42,45)(H,43,47)(H,44,48). The Balaban J connectivity index is 1.34. The highest BCUT2D eigenvalue weighted by Gasteiger charge is 2.36. The highest BCUT2D eigenvalue weighted by atomic mass is 32.1. The van der Waals surface area contributed by atoms with Gasteiger partial charge < -0.3 is 20.7 Å². The number of hydrogen-bond acceptors (Lipinski definition) is 8. The number of carbonyl (C=O) groups is 4. The molecule has 0 spiro atoms. The number of para-hydroxylation sites is 1. The van der Waals surface area contributed by atoms with E-state index < -0.39 is 34.6 Å². The Morgan fingerprint density at radius 3 is 2.46 bits per heavy atom. The third-order valence-electron chi connectivity index (χ3n) is 8.74. The van der Waals surface area contributed by atoms with Crippen LogP contribution in [0.1, 0.15) is 51.5 Å². The van der Waals surface area contributed by atoms with Crippen LogP contribution in [-0.4, -0.2) is 59.5 Å². The second-order valence-corrected chi connectivity index (χ2v) is 13.9. The van der Waals surface area contributed by atoms with E-state index in [1.54, 1.807) is 48.1 Å². The number of esters is 1. The lowest BCUT2D eigenvalue weighted by Crippen LogP contribution is -2.47. The van der Waals surface area contributed by atoms with Crippen LogP contribution in [0.3, 0.4) is 0 Å². The van der Waals surface area contributed by atoms with Crippen molar-refractivity contribution in [2.24, 2.45) is 15.8 Å². The van der Waals surface area contributed by atoms with E-state index >= 15 is 0 Å². The maximum atomic E-state index is 14.0. The van der Waals surface area contributed by atoms with E-state index in [0.717, 1.165) is 11.0 Å². The number of nitrogens with zero attached hydrogens (tertiary/aromatic N) is 2. The second kappa shape index (κ2) is 15.5. The number of hydrogen-bond donors (Lipinski definition) is 3. The molecule has 1 aromatic heterocycles. The Morgan fingerprint density at radius 1 is 0.960 bits per heavy atom. The van der Waals surface area contributed by atoms with E-state index in [9.17, 15) is 19.2 Å². The monoisotopic (exact) mass is 691 g/mol. The molecule has 0 saturated carbocycles. The molecule has 2 aromatic carbocycles. The third-order valence-corrected chi connectivity index (χ3v) is 9.31. The summed E-state index contributed by atoms with van der Waals surface area (Å²) in [5.74, 6) is -2.85. The smallest absolute Gasteiger partial charge is 0.306 e.